The average Bonchev–Trinajstić information content (AvgIpc) is 2.48. The molecule has 1 aliphatic heterocycles. The SMILES string of the molecule is Cc1ccc(CS(=O)(=O)N(C)CCN2CCOCC2)cc1. The van der Waals surface area contributed by atoms with E-state index < -0.39 is 10.0 Å². The molecular weight excluding hydrogens is 288 g/mol. The zero-order chi connectivity index (χ0) is 15.3. The lowest BCUT2D eigenvalue weighted by Crippen LogP contribution is -2.42. The topological polar surface area (TPSA) is 49.9 Å². The minimum absolute atomic E-state index is 0.0624. The van der Waals surface area contributed by atoms with Gasteiger partial charge in [0.1, 0.15) is 0 Å². The molecule has 0 atom stereocenters. The number of hydrogen-bond acceptors (Lipinski definition) is 4. The summed E-state index contributed by atoms with van der Waals surface area (Å²) in [6.07, 6.45) is 0. The zero-order valence-electron chi connectivity index (χ0n) is 12.8. The van der Waals surface area contributed by atoms with Crippen molar-refractivity contribution in [3.05, 3.63) is 35.4 Å². The minimum Gasteiger partial charge on any atom is -0.379 e. The Morgan fingerprint density at radius 2 is 1.81 bits per heavy atom. The van der Waals surface area contributed by atoms with Crippen LogP contribution in [0.2, 0.25) is 0 Å². The third-order valence-corrected chi connectivity index (χ3v) is 5.61. The zero-order valence-corrected chi connectivity index (χ0v) is 13.6. The molecule has 0 amide bonds. The van der Waals surface area contributed by atoms with Crippen molar-refractivity contribution in [3.8, 4) is 0 Å². The highest BCUT2D eigenvalue weighted by atomic mass is 32.2. The first-order chi connectivity index (χ1) is 9.97. The monoisotopic (exact) mass is 312 g/mol. The van der Waals surface area contributed by atoms with E-state index in [1.54, 1.807) is 7.05 Å². The van der Waals surface area contributed by atoms with E-state index >= 15 is 0 Å². The Bertz CT molecular complexity index is 537. The maximum atomic E-state index is 12.3. The third-order valence-electron chi connectivity index (χ3n) is 3.78. The van der Waals surface area contributed by atoms with E-state index in [1.165, 1.54) is 4.31 Å². The van der Waals surface area contributed by atoms with Crippen molar-refractivity contribution in [2.45, 2.75) is 12.7 Å². The lowest BCUT2D eigenvalue weighted by Gasteiger charge is -2.28. The van der Waals surface area contributed by atoms with Crippen LogP contribution >= 0.6 is 0 Å². The fraction of sp³-hybridized carbons (Fsp3) is 0.600. The second-order valence-corrected chi connectivity index (χ2v) is 7.59. The highest BCUT2D eigenvalue weighted by Crippen LogP contribution is 2.11. The van der Waals surface area contributed by atoms with Gasteiger partial charge in [-0.05, 0) is 12.5 Å². The predicted molar refractivity (Wildman–Crippen MR) is 83.7 cm³/mol. The Kier molecular flexibility index (Phi) is 5.75. The molecule has 0 aromatic heterocycles. The standard InChI is InChI=1S/C15H24N2O3S/c1-14-3-5-15(6-4-14)13-21(18,19)16(2)7-8-17-9-11-20-12-10-17/h3-6H,7-13H2,1-2H3. The summed E-state index contributed by atoms with van der Waals surface area (Å²) in [5.74, 6) is 0.0624. The van der Waals surface area contributed by atoms with E-state index in [9.17, 15) is 8.42 Å². The number of morpholine rings is 1. The van der Waals surface area contributed by atoms with Crippen LogP contribution < -0.4 is 0 Å². The van der Waals surface area contributed by atoms with Gasteiger partial charge >= 0.3 is 0 Å². The number of hydrogen-bond donors (Lipinski definition) is 0. The largest absolute Gasteiger partial charge is 0.379 e. The van der Waals surface area contributed by atoms with Crippen molar-refractivity contribution in [3.63, 3.8) is 0 Å². The van der Waals surface area contributed by atoms with E-state index in [0.717, 1.165) is 44.0 Å². The molecule has 1 aromatic carbocycles. The molecule has 0 radical (unpaired) electrons. The van der Waals surface area contributed by atoms with Crippen LogP contribution in [0.3, 0.4) is 0 Å². The molecule has 1 aromatic rings. The number of benzene rings is 1. The quantitative estimate of drug-likeness (QED) is 0.789. The van der Waals surface area contributed by atoms with Crippen LogP contribution in [0.1, 0.15) is 11.1 Å². The summed E-state index contributed by atoms with van der Waals surface area (Å²) in [5.41, 5.74) is 1.97. The first kappa shape index (κ1) is 16.4. The Hall–Kier alpha value is -0.950. The highest BCUT2D eigenvalue weighted by molar-refractivity contribution is 7.88. The summed E-state index contributed by atoms with van der Waals surface area (Å²) in [5, 5.41) is 0. The molecule has 1 heterocycles. The van der Waals surface area contributed by atoms with E-state index in [-0.39, 0.29) is 5.75 Å². The molecule has 6 heteroatoms. The van der Waals surface area contributed by atoms with E-state index in [4.69, 9.17) is 4.74 Å². The molecule has 0 aliphatic carbocycles. The van der Waals surface area contributed by atoms with Crippen LogP contribution in [0.5, 0.6) is 0 Å². The first-order valence-electron chi connectivity index (χ1n) is 7.27. The Balaban J connectivity index is 1.87. The van der Waals surface area contributed by atoms with Crippen LogP contribution in [0.4, 0.5) is 0 Å². The molecule has 1 saturated heterocycles. The smallest absolute Gasteiger partial charge is 0.218 e. The van der Waals surface area contributed by atoms with Crippen LogP contribution in [0.15, 0.2) is 24.3 Å². The average molecular weight is 312 g/mol. The fourth-order valence-corrected chi connectivity index (χ4v) is 3.45. The van der Waals surface area contributed by atoms with Gasteiger partial charge in [-0.3, -0.25) is 4.90 Å². The summed E-state index contributed by atoms with van der Waals surface area (Å²) >= 11 is 0. The lowest BCUT2D eigenvalue weighted by atomic mass is 10.2. The summed E-state index contributed by atoms with van der Waals surface area (Å²) < 4.78 is 31.4. The molecule has 0 saturated carbocycles. The summed E-state index contributed by atoms with van der Waals surface area (Å²) in [7, 11) is -1.59. The van der Waals surface area contributed by atoms with Crippen LogP contribution in [-0.2, 0) is 20.5 Å². The number of nitrogens with zero attached hydrogens (tertiary/aromatic N) is 2. The molecule has 118 valence electrons. The first-order valence-corrected chi connectivity index (χ1v) is 8.88. The van der Waals surface area contributed by atoms with Crippen molar-refractivity contribution in [1.29, 1.82) is 0 Å². The molecule has 0 N–H and O–H groups in total. The van der Waals surface area contributed by atoms with Gasteiger partial charge in [0.25, 0.3) is 0 Å². The Labute approximate surface area is 127 Å². The molecule has 1 aliphatic rings. The van der Waals surface area contributed by atoms with E-state index in [0.29, 0.717) is 6.54 Å². The van der Waals surface area contributed by atoms with Crippen molar-refractivity contribution in [2.75, 3.05) is 46.4 Å². The summed E-state index contributed by atoms with van der Waals surface area (Å²) in [4.78, 5) is 2.24. The second kappa shape index (κ2) is 7.35. The summed E-state index contributed by atoms with van der Waals surface area (Å²) in [6.45, 7) is 6.51. The number of rotatable bonds is 6. The molecule has 2 rings (SSSR count). The fourth-order valence-electron chi connectivity index (χ4n) is 2.25. The van der Waals surface area contributed by atoms with Gasteiger partial charge in [-0.25, -0.2) is 12.7 Å². The molecule has 0 spiro atoms. The molecule has 0 bridgehead atoms. The number of sulfonamides is 1. The van der Waals surface area contributed by atoms with Crippen LogP contribution in [0, 0.1) is 6.92 Å². The van der Waals surface area contributed by atoms with Crippen molar-refractivity contribution >= 4 is 10.0 Å². The van der Waals surface area contributed by atoms with Crippen molar-refractivity contribution in [2.24, 2.45) is 0 Å². The maximum Gasteiger partial charge on any atom is 0.218 e. The normalized spacial score (nSPS) is 17.3. The van der Waals surface area contributed by atoms with Gasteiger partial charge in [0.05, 0.1) is 19.0 Å². The Morgan fingerprint density at radius 3 is 2.43 bits per heavy atom. The molecule has 21 heavy (non-hydrogen) atoms. The van der Waals surface area contributed by atoms with Crippen molar-refractivity contribution in [1.82, 2.24) is 9.21 Å². The molecule has 0 unspecified atom stereocenters. The molecule has 1 fully saturated rings. The van der Waals surface area contributed by atoms with Gasteiger partial charge in [0.15, 0.2) is 0 Å². The second-order valence-electron chi connectivity index (χ2n) is 5.52. The Morgan fingerprint density at radius 1 is 1.19 bits per heavy atom. The minimum atomic E-state index is -3.25. The van der Waals surface area contributed by atoms with Gasteiger partial charge < -0.3 is 4.74 Å². The maximum absolute atomic E-state index is 12.3. The number of likely N-dealkylation sites (N-methyl/N-ethyl adjacent to an activating group) is 1. The number of ether oxygens (including phenoxy) is 1. The highest BCUT2D eigenvalue weighted by Gasteiger charge is 2.20. The van der Waals surface area contributed by atoms with E-state index in [2.05, 4.69) is 4.90 Å². The number of aryl methyl sites for hydroxylation is 1. The lowest BCUT2D eigenvalue weighted by molar-refractivity contribution is 0.0368. The summed E-state index contributed by atoms with van der Waals surface area (Å²) in [6, 6.07) is 7.64. The molecule has 5 nitrogen and oxygen atoms in total. The van der Waals surface area contributed by atoms with Gasteiger partial charge in [-0.1, -0.05) is 29.8 Å². The van der Waals surface area contributed by atoms with Gasteiger partial charge in [-0.15, -0.1) is 0 Å². The predicted octanol–water partition coefficient (Wildman–Crippen LogP) is 1.09. The van der Waals surface area contributed by atoms with Gasteiger partial charge in [0.2, 0.25) is 10.0 Å². The van der Waals surface area contributed by atoms with Gasteiger partial charge in [0, 0.05) is 33.2 Å². The third kappa shape index (κ3) is 5.07. The van der Waals surface area contributed by atoms with Crippen LogP contribution in [-0.4, -0.2) is 64.1 Å². The van der Waals surface area contributed by atoms with Crippen LogP contribution in [0.25, 0.3) is 0 Å². The van der Waals surface area contributed by atoms with E-state index in [1.807, 2.05) is 31.2 Å². The molecular formula is C15H24N2O3S. The van der Waals surface area contributed by atoms with Crippen molar-refractivity contribution < 1.29 is 13.2 Å². The van der Waals surface area contributed by atoms with Gasteiger partial charge in [-0.2, -0.15) is 0 Å².